The van der Waals surface area contributed by atoms with Gasteiger partial charge in [-0.1, -0.05) is 6.07 Å². The third kappa shape index (κ3) is 2.93. The molecule has 86 valence electrons. The molecule has 0 aromatic heterocycles. The number of rotatable bonds is 4. The minimum absolute atomic E-state index is 0. The van der Waals surface area contributed by atoms with E-state index in [4.69, 9.17) is 14.2 Å². The van der Waals surface area contributed by atoms with Gasteiger partial charge in [0.25, 0.3) is 0 Å². The van der Waals surface area contributed by atoms with Crippen molar-refractivity contribution in [1.29, 1.82) is 0 Å². The third-order valence-electron chi connectivity index (χ3n) is 2.46. The van der Waals surface area contributed by atoms with Gasteiger partial charge in [0.05, 0.1) is 20.2 Å². The second-order valence-corrected chi connectivity index (χ2v) is 3.41. The van der Waals surface area contributed by atoms with Crippen LogP contribution in [0.15, 0.2) is 18.2 Å². The smallest absolute Gasteiger partial charge is 0.547 e. The maximum absolute atomic E-state index is 10.5. The Balaban J connectivity index is 0.00000144. The minimum atomic E-state index is -1.19. The van der Waals surface area contributed by atoms with Gasteiger partial charge in [-0.05, 0) is 17.7 Å². The van der Waals surface area contributed by atoms with Gasteiger partial charge in [0.1, 0.15) is 12.2 Å². The Kier molecular flexibility index (Phi) is 4.82. The average molecular weight is 246 g/mol. The molecule has 0 bridgehead atoms. The van der Waals surface area contributed by atoms with Gasteiger partial charge >= 0.3 is 29.6 Å². The Morgan fingerprint density at radius 3 is 2.41 bits per heavy atom. The molecular formula is C11H11NaO5. The largest absolute Gasteiger partial charge is 1.00 e. The molecule has 0 aliphatic carbocycles. The van der Waals surface area contributed by atoms with Crippen LogP contribution in [0.2, 0.25) is 0 Å². The molecular weight excluding hydrogens is 235 g/mol. The van der Waals surface area contributed by atoms with Crippen molar-refractivity contribution in [3.05, 3.63) is 23.8 Å². The molecule has 5 nitrogen and oxygen atoms in total. The van der Waals surface area contributed by atoms with Crippen LogP contribution >= 0.6 is 0 Å². The number of hydrogen-bond donors (Lipinski definition) is 0. The van der Waals surface area contributed by atoms with Crippen molar-refractivity contribution < 1.29 is 53.7 Å². The summed E-state index contributed by atoms with van der Waals surface area (Å²) in [7, 11) is 3.06. The van der Waals surface area contributed by atoms with E-state index in [0.29, 0.717) is 11.5 Å². The van der Waals surface area contributed by atoms with Crippen molar-refractivity contribution in [2.75, 3.05) is 14.2 Å². The number of ether oxygens (including phenoxy) is 3. The Bertz CT molecular complexity index is 420. The van der Waals surface area contributed by atoms with Gasteiger partial charge in [-0.25, -0.2) is 0 Å². The van der Waals surface area contributed by atoms with Crippen molar-refractivity contribution in [2.24, 2.45) is 0 Å². The number of carbonyl (C=O) groups excluding carboxylic acids is 1. The van der Waals surface area contributed by atoms with Gasteiger partial charge in [-0.15, -0.1) is 0 Å². The molecule has 0 radical (unpaired) electrons. The zero-order valence-electron chi connectivity index (χ0n) is 9.93. The number of carboxylic acids is 1. The fraction of sp³-hybridized carbons (Fsp3) is 0.364. The number of methoxy groups -OCH3 is 2. The van der Waals surface area contributed by atoms with Crippen LogP contribution in [-0.4, -0.2) is 26.3 Å². The molecule has 1 aromatic rings. The van der Waals surface area contributed by atoms with Gasteiger partial charge in [0.2, 0.25) is 0 Å². The van der Waals surface area contributed by atoms with Crippen molar-refractivity contribution in [3.8, 4) is 11.5 Å². The summed E-state index contributed by atoms with van der Waals surface area (Å²) in [6, 6.07) is 5.16. The second kappa shape index (κ2) is 5.73. The normalized spacial score (nSPS) is 21.3. The second-order valence-electron chi connectivity index (χ2n) is 3.41. The summed E-state index contributed by atoms with van der Waals surface area (Å²) >= 11 is 0. The van der Waals surface area contributed by atoms with E-state index in [0.717, 1.165) is 5.56 Å². The standard InChI is InChI=1S/C11H12O5.Na/c1-14-7-4-3-6(5-8(7)15-2)9-10(16-9)11(12)13;/h3-5,9-10H,1-2H3,(H,12,13);/q;+1/p-1. The predicted molar refractivity (Wildman–Crippen MR) is 52.2 cm³/mol. The SMILES string of the molecule is COc1ccc(C2OC2C(=O)[O-])cc1OC.[Na+]. The van der Waals surface area contributed by atoms with Crippen LogP contribution in [0.1, 0.15) is 11.7 Å². The molecule has 1 fully saturated rings. The molecule has 1 aliphatic rings. The van der Waals surface area contributed by atoms with Crippen LogP contribution in [0.5, 0.6) is 11.5 Å². The van der Waals surface area contributed by atoms with E-state index >= 15 is 0 Å². The zero-order valence-corrected chi connectivity index (χ0v) is 11.9. The van der Waals surface area contributed by atoms with Crippen LogP contribution < -0.4 is 44.1 Å². The first kappa shape index (κ1) is 14.3. The Labute approximate surface area is 121 Å². The molecule has 1 saturated heterocycles. The summed E-state index contributed by atoms with van der Waals surface area (Å²) in [5.74, 6) is -0.0516. The molecule has 1 heterocycles. The molecule has 1 aromatic carbocycles. The van der Waals surface area contributed by atoms with Gasteiger partial charge < -0.3 is 24.1 Å². The molecule has 17 heavy (non-hydrogen) atoms. The van der Waals surface area contributed by atoms with E-state index in [1.165, 1.54) is 14.2 Å². The molecule has 2 rings (SSSR count). The van der Waals surface area contributed by atoms with Crippen LogP contribution in [0, 0.1) is 0 Å². The van der Waals surface area contributed by atoms with Gasteiger partial charge in [-0.3, -0.25) is 0 Å². The van der Waals surface area contributed by atoms with E-state index in [-0.39, 0.29) is 29.6 Å². The fourth-order valence-electron chi connectivity index (χ4n) is 1.57. The van der Waals surface area contributed by atoms with Gasteiger partial charge in [0, 0.05) is 0 Å². The first-order chi connectivity index (χ1) is 7.67. The van der Waals surface area contributed by atoms with Gasteiger partial charge in [0.15, 0.2) is 11.5 Å². The quantitative estimate of drug-likeness (QED) is 0.415. The number of benzene rings is 1. The van der Waals surface area contributed by atoms with Crippen LogP contribution in [0.25, 0.3) is 0 Å². The third-order valence-corrected chi connectivity index (χ3v) is 2.46. The van der Waals surface area contributed by atoms with Crippen LogP contribution in [0.4, 0.5) is 0 Å². The van der Waals surface area contributed by atoms with Crippen LogP contribution in [-0.2, 0) is 9.53 Å². The maximum atomic E-state index is 10.5. The molecule has 1 aliphatic heterocycles. The van der Waals surface area contributed by atoms with Crippen molar-refractivity contribution in [3.63, 3.8) is 0 Å². The summed E-state index contributed by atoms with van der Waals surface area (Å²) in [5.41, 5.74) is 0.742. The molecule has 0 N–H and O–H groups in total. The average Bonchev–Trinajstić information content (AvgIpc) is 3.08. The number of hydrogen-bond acceptors (Lipinski definition) is 5. The molecule has 0 saturated carbocycles. The summed E-state index contributed by atoms with van der Waals surface area (Å²) in [5, 5.41) is 10.5. The van der Waals surface area contributed by atoms with Gasteiger partial charge in [-0.2, -0.15) is 0 Å². The van der Waals surface area contributed by atoms with Crippen molar-refractivity contribution in [1.82, 2.24) is 0 Å². The van der Waals surface area contributed by atoms with E-state index in [1.54, 1.807) is 18.2 Å². The number of aliphatic carboxylic acids is 1. The maximum Gasteiger partial charge on any atom is 1.00 e. The summed E-state index contributed by atoms with van der Waals surface area (Å²) in [6.45, 7) is 0. The Hall–Kier alpha value is -0.750. The zero-order chi connectivity index (χ0) is 11.7. The molecule has 2 unspecified atom stereocenters. The molecule has 0 amide bonds. The van der Waals surface area contributed by atoms with E-state index < -0.39 is 18.2 Å². The minimum Gasteiger partial charge on any atom is -0.547 e. The summed E-state index contributed by atoms with van der Waals surface area (Å²) in [6.07, 6.45) is -1.29. The first-order valence-corrected chi connectivity index (χ1v) is 4.75. The molecule has 2 atom stereocenters. The van der Waals surface area contributed by atoms with E-state index in [1.807, 2.05) is 0 Å². The molecule has 0 spiro atoms. The summed E-state index contributed by atoms with van der Waals surface area (Å²) < 4.78 is 15.2. The number of carboxylic acid groups (broad SMARTS) is 1. The fourth-order valence-corrected chi connectivity index (χ4v) is 1.57. The Morgan fingerprint density at radius 1 is 1.29 bits per heavy atom. The molecule has 6 heteroatoms. The monoisotopic (exact) mass is 246 g/mol. The van der Waals surface area contributed by atoms with Crippen molar-refractivity contribution >= 4 is 5.97 Å². The Morgan fingerprint density at radius 2 is 1.94 bits per heavy atom. The van der Waals surface area contributed by atoms with E-state index in [9.17, 15) is 9.90 Å². The summed E-state index contributed by atoms with van der Waals surface area (Å²) in [4.78, 5) is 10.5. The number of carbonyl (C=O) groups is 1. The predicted octanol–water partition coefficient (Wildman–Crippen LogP) is -3.10. The first-order valence-electron chi connectivity index (χ1n) is 4.75. The van der Waals surface area contributed by atoms with Crippen LogP contribution in [0.3, 0.4) is 0 Å². The number of epoxide rings is 1. The topological polar surface area (TPSA) is 71.1 Å². The van der Waals surface area contributed by atoms with Crippen molar-refractivity contribution in [2.45, 2.75) is 12.2 Å². The van der Waals surface area contributed by atoms with E-state index in [2.05, 4.69) is 0 Å².